The van der Waals surface area contributed by atoms with Gasteiger partial charge < -0.3 is 10.1 Å². The van der Waals surface area contributed by atoms with Gasteiger partial charge in [-0.05, 0) is 29.8 Å². The van der Waals surface area contributed by atoms with Gasteiger partial charge in [0.1, 0.15) is 5.75 Å². The van der Waals surface area contributed by atoms with Gasteiger partial charge in [0.2, 0.25) is 0 Å². The summed E-state index contributed by atoms with van der Waals surface area (Å²) in [6.07, 6.45) is 2.48. The molecule has 0 bridgehead atoms. The van der Waals surface area contributed by atoms with Crippen molar-refractivity contribution in [1.29, 1.82) is 0 Å². The number of fused-ring (bicyclic) bond motifs is 1. The molecule has 0 atom stereocenters. The molecule has 0 unspecified atom stereocenters. The topological polar surface area (TPSA) is 34.2 Å². The van der Waals surface area contributed by atoms with Gasteiger partial charge in [0.25, 0.3) is 0 Å². The van der Waals surface area contributed by atoms with Crippen molar-refractivity contribution in [2.45, 2.75) is 13.0 Å². The highest BCUT2D eigenvalue weighted by molar-refractivity contribution is 9.10. The van der Waals surface area contributed by atoms with Crippen molar-refractivity contribution in [2.24, 2.45) is 0 Å². The second-order valence-electron chi connectivity index (χ2n) is 4.34. The van der Waals surface area contributed by atoms with E-state index < -0.39 is 0 Å². The normalized spacial score (nSPS) is 12.9. The number of nitrogens with zero attached hydrogens (tertiary/aromatic N) is 1. The number of benzene rings is 1. The summed E-state index contributed by atoms with van der Waals surface area (Å²) in [6.45, 7) is 1.19. The van der Waals surface area contributed by atoms with Crippen molar-refractivity contribution in [3.05, 3.63) is 51.9 Å². The van der Waals surface area contributed by atoms with Crippen molar-refractivity contribution < 1.29 is 9.13 Å². The van der Waals surface area contributed by atoms with Crippen LogP contribution in [0.5, 0.6) is 5.75 Å². The number of nitrogens with one attached hydrogen (secondary N) is 1. The molecule has 19 heavy (non-hydrogen) atoms. The molecular weight excluding hydrogens is 311 g/mol. The largest absolute Gasteiger partial charge is 0.493 e. The molecule has 3 rings (SSSR count). The second-order valence-corrected chi connectivity index (χ2v) is 5.25. The zero-order valence-corrected chi connectivity index (χ0v) is 11.7. The van der Waals surface area contributed by atoms with Crippen LogP contribution in [-0.4, -0.2) is 11.6 Å². The van der Waals surface area contributed by atoms with Gasteiger partial charge in [0.05, 0.1) is 6.61 Å². The summed E-state index contributed by atoms with van der Waals surface area (Å²) in [5, 5.41) is 3.00. The van der Waals surface area contributed by atoms with Gasteiger partial charge >= 0.3 is 0 Å². The third-order valence-corrected chi connectivity index (χ3v) is 3.49. The van der Waals surface area contributed by atoms with E-state index in [1.54, 1.807) is 12.3 Å². The second kappa shape index (κ2) is 5.17. The van der Waals surface area contributed by atoms with E-state index in [2.05, 4.69) is 32.3 Å². The number of ether oxygens (including phenoxy) is 1. The summed E-state index contributed by atoms with van der Waals surface area (Å²) in [7, 11) is 0. The van der Waals surface area contributed by atoms with Crippen LogP contribution in [0.25, 0.3) is 0 Å². The standard InChI is InChI=1S/C14H12BrFN2O/c15-11-6-9-3-5-19-13(9)10(7-11)8-18-14-12(16)2-1-4-17-14/h1-2,4,6-7H,3,5,8H2,(H,17,18). The third kappa shape index (κ3) is 2.56. The SMILES string of the molecule is Fc1cccnc1NCc1cc(Br)cc2c1OCC2. The lowest BCUT2D eigenvalue weighted by Crippen LogP contribution is -2.04. The molecular formula is C14H12BrFN2O. The van der Waals surface area contributed by atoms with Gasteiger partial charge in [0, 0.05) is 29.2 Å². The molecule has 1 aromatic carbocycles. The van der Waals surface area contributed by atoms with E-state index in [1.165, 1.54) is 11.6 Å². The van der Waals surface area contributed by atoms with Crippen molar-refractivity contribution in [3.63, 3.8) is 0 Å². The highest BCUT2D eigenvalue weighted by Crippen LogP contribution is 2.33. The van der Waals surface area contributed by atoms with Gasteiger partial charge in [-0.25, -0.2) is 9.37 Å². The molecule has 0 saturated heterocycles. The van der Waals surface area contributed by atoms with Crippen LogP contribution in [0.2, 0.25) is 0 Å². The first-order chi connectivity index (χ1) is 9.24. The maximum Gasteiger partial charge on any atom is 0.165 e. The van der Waals surface area contributed by atoms with Crippen LogP contribution in [0.3, 0.4) is 0 Å². The van der Waals surface area contributed by atoms with Gasteiger partial charge in [-0.15, -0.1) is 0 Å². The summed E-state index contributed by atoms with van der Waals surface area (Å²) < 4.78 is 20.1. The molecule has 1 aromatic heterocycles. The van der Waals surface area contributed by atoms with E-state index in [0.29, 0.717) is 13.2 Å². The summed E-state index contributed by atoms with van der Waals surface area (Å²) in [5.74, 6) is 0.816. The Labute approximate surface area is 118 Å². The lowest BCUT2D eigenvalue weighted by atomic mass is 10.1. The zero-order valence-electron chi connectivity index (χ0n) is 10.1. The quantitative estimate of drug-likeness (QED) is 0.938. The molecule has 0 spiro atoms. The Bertz CT molecular complexity index is 618. The van der Waals surface area contributed by atoms with Gasteiger partial charge in [0.15, 0.2) is 11.6 Å². The minimum atomic E-state index is -0.352. The number of rotatable bonds is 3. The molecule has 5 heteroatoms. The third-order valence-electron chi connectivity index (χ3n) is 3.03. The first-order valence-corrected chi connectivity index (χ1v) is 6.82. The number of hydrogen-bond acceptors (Lipinski definition) is 3. The minimum Gasteiger partial charge on any atom is -0.493 e. The van der Waals surface area contributed by atoms with Crippen LogP contribution in [0, 0.1) is 5.82 Å². The predicted octanol–water partition coefficient (Wildman–Crippen LogP) is 3.53. The summed E-state index contributed by atoms with van der Waals surface area (Å²) in [4.78, 5) is 3.97. The molecule has 1 aliphatic rings. The molecule has 0 aliphatic carbocycles. The van der Waals surface area contributed by atoms with Crippen LogP contribution in [0.15, 0.2) is 34.9 Å². The van der Waals surface area contributed by atoms with Crippen LogP contribution in [0.4, 0.5) is 10.2 Å². The van der Waals surface area contributed by atoms with E-state index >= 15 is 0 Å². The molecule has 1 aliphatic heterocycles. The number of pyridine rings is 1. The van der Waals surface area contributed by atoms with Gasteiger partial charge in [-0.1, -0.05) is 15.9 Å². The lowest BCUT2D eigenvalue weighted by Gasteiger charge is -2.11. The van der Waals surface area contributed by atoms with Crippen molar-refractivity contribution in [2.75, 3.05) is 11.9 Å². The molecule has 98 valence electrons. The Morgan fingerprint density at radius 2 is 2.32 bits per heavy atom. The van der Waals surface area contributed by atoms with Crippen LogP contribution in [0.1, 0.15) is 11.1 Å². The lowest BCUT2D eigenvalue weighted by molar-refractivity contribution is 0.354. The monoisotopic (exact) mass is 322 g/mol. The molecule has 3 nitrogen and oxygen atoms in total. The Morgan fingerprint density at radius 3 is 3.16 bits per heavy atom. The molecule has 2 heterocycles. The van der Waals surface area contributed by atoms with E-state index in [4.69, 9.17) is 4.74 Å². The molecule has 2 aromatic rings. The van der Waals surface area contributed by atoms with Gasteiger partial charge in [-0.2, -0.15) is 0 Å². The van der Waals surface area contributed by atoms with Crippen molar-refractivity contribution >= 4 is 21.7 Å². The molecule has 0 radical (unpaired) electrons. The Kier molecular flexibility index (Phi) is 3.38. The van der Waals surface area contributed by atoms with Crippen molar-refractivity contribution in [3.8, 4) is 5.75 Å². The van der Waals surface area contributed by atoms with E-state index in [1.807, 2.05) is 6.07 Å². The summed E-state index contributed by atoms with van der Waals surface area (Å²) in [6, 6.07) is 7.00. The first kappa shape index (κ1) is 12.4. The van der Waals surface area contributed by atoms with Gasteiger partial charge in [-0.3, -0.25) is 0 Å². The fourth-order valence-electron chi connectivity index (χ4n) is 2.17. The van der Waals surface area contributed by atoms with Crippen LogP contribution < -0.4 is 10.1 Å². The Balaban J connectivity index is 1.83. The Hall–Kier alpha value is -1.62. The number of halogens is 2. The predicted molar refractivity (Wildman–Crippen MR) is 74.9 cm³/mol. The average Bonchev–Trinajstić information content (AvgIpc) is 2.85. The fraction of sp³-hybridized carbons (Fsp3) is 0.214. The van der Waals surface area contributed by atoms with Crippen molar-refractivity contribution in [1.82, 2.24) is 4.98 Å². The highest BCUT2D eigenvalue weighted by Gasteiger charge is 2.17. The van der Waals surface area contributed by atoms with E-state index in [0.717, 1.165) is 22.2 Å². The van der Waals surface area contributed by atoms with Crippen LogP contribution in [-0.2, 0) is 13.0 Å². The number of aromatic nitrogens is 1. The smallest absolute Gasteiger partial charge is 0.165 e. The number of hydrogen-bond donors (Lipinski definition) is 1. The summed E-state index contributed by atoms with van der Waals surface area (Å²) in [5.41, 5.74) is 2.19. The average molecular weight is 323 g/mol. The maximum absolute atomic E-state index is 13.5. The highest BCUT2D eigenvalue weighted by atomic mass is 79.9. The molecule has 0 amide bonds. The summed E-state index contributed by atoms with van der Waals surface area (Å²) >= 11 is 3.48. The Morgan fingerprint density at radius 1 is 1.42 bits per heavy atom. The zero-order chi connectivity index (χ0) is 13.2. The molecule has 0 fully saturated rings. The minimum absolute atomic E-state index is 0.259. The fourth-order valence-corrected chi connectivity index (χ4v) is 2.72. The maximum atomic E-state index is 13.5. The van der Waals surface area contributed by atoms with E-state index in [9.17, 15) is 4.39 Å². The first-order valence-electron chi connectivity index (χ1n) is 6.02. The number of anilines is 1. The molecule has 0 saturated carbocycles. The van der Waals surface area contributed by atoms with E-state index in [-0.39, 0.29) is 11.6 Å². The van der Waals surface area contributed by atoms with Crippen LogP contribution >= 0.6 is 15.9 Å². The molecule has 1 N–H and O–H groups in total.